The molecule has 1 aliphatic rings. The molecule has 0 unspecified atom stereocenters. The lowest BCUT2D eigenvalue weighted by molar-refractivity contribution is -0.123. The Morgan fingerprint density at radius 3 is 2.43 bits per heavy atom. The standard InChI is InChI=1S/C25H29N3O6S3/c1-17-8-11-19(12-9-17)37(31,32)27-26-23(29)7-5-4-6-14-28-24(30)22(36-25(28)35)16-18-10-13-20(33-2)21(15-18)34-3/h8-13,15-16,27H,4-7,14H2,1-3H3,(H,26,29). The van der Waals surface area contributed by atoms with Crippen LogP contribution in [0.1, 0.15) is 36.8 Å². The van der Waals surface area contributed by atoms with E-state index >= 15 is 0 Å². The van der Waals surface area contributed by atoms with Crippen LogP contribution in [0.25, 0.3) is 6.08 Å². The number of benzene rings is 2. The van der Waals surface area contributed by atoms with Crippen molar-refractivity contribution in [2.75, 3.05) is 20.8 Å². The number of carbonyl (C=O) groups is 2. The van der Waals surface area contributed by atoms with Gasteiger partial charge in [0.25, 0.3) is 15.9 Å². The molecule has 1 heterocycles. The summed E-state index contributed by atoms with van der Waals surface area (Å²) in [7, 11) is -0.719. The normalized spacial score (nSPS) is 14.8. The van der Waals surface area contributed by atoms with E-state index in [1.165, 1.54) is 23.9 Å². The predicted molar refractivity (Wildman–Crippen MR) is 148 cm³/mol. The number of unbranched alkanes of at least 4 members (excludes halogenated alkanes) is 2. The molecule has 2 N–H and O–H groups in total. The van der Waals surface area contributed by atoms with Gasteiger partial charge in [0, 0.05) is 13.0 Å². The van der Waals surface area contributed by atoms with Crippen molar-refractivity contribution in [3.8, 4) is 11.5 Å². The van der Waals surface area contributed by atoms with E-state index < -0.39 is 15.9 Å². The number of amides is 2. The van der Waals surface area contributed by atoms with E-state index in [0.717, 1.165) is 11.1 Å². The van der Waals surface area contributed by atoms with E-state index in [4.69, 9.17) is 21.7 Å². The molecule has 198 valence electrons. The van der Waals surface area contributed by atoms with E-state index in [1.54, 1.807) is 49.5 Å². The molecule has 2 amide bonds. The highest BCUT2D eigenvalue weighted by Gasteiger charge is 2.31. The van der Waals surface area contributed by atoms with Crippen molar-refractivity contribution in [1.82, 2.24) is 15.2 Å². The molecule has 0 bridgehead atoms. The van der Waals surface area contributed by atoms with Crippen LogP contribution in [0.2, 0.25) is 0 Å². The van der Waals surface area contributed by atoms with Crippen molar-refractivity contribution in [2.45, 2.75) is 37.5 Å². The first-order valence-electron chi connectivity index (χ1n) is 11.5. The van der Waals surface area contributed by atoms with Gasteiger partial charge < -0.3 is 9.47 Å². The van der Waals surface area contributed by atoms with Crippen molar-refractivity contribution in [1.29, 1.82) is 0 Å². The van der Waals surface area contributed by atoms with Crippen molar-refractivity contribution in [3.05, 3.63) is 58.5 Å². The van der Waals surface area contributed by atoms with Crippen molar-refractivity contribution >= 4 is 56.2 Å². The Balaban J connectivity index is 1.42. The Morgan fingerprint density at radius 1 is 1.05 bits per heavy atom. The van der Waals surface area contributed by atoms with Crippen molar-refractivity contribution < 1.29 is 27.5 Å². The molecule has 3 rings (SSSR count). The van der Waals surface area contributed by atoms with Crippen LogP contribution in [0, 0.1) is 6.92 Å². The Morgan fingerprint density at radius 2 is 1.76 bits per heavy atom. The average Bonchev–Trinajstić information content (AvgIpc) is 3.14. The average molecular weight is 564 g/mol. The number of hydrazine groups is 1. The summed E-state index contributed by atoms with van der Waals surface area (Å²) in [6, 6.07) is 11.7. The smallest absolute Gasteiger partial charge is 0.266 e. The first kappa shape index (κ1) is 28.6. The van der Waals surface area contributed by atoms with E-state index in [0.29, 0.717) is 46.5 Å². The SMILES string of the molecule is COc1ccc(C=C2SC(=S)N(CCCCCC(=O)NNS(=O)(=O)c3ccc(C)cc3)C2=O)cc1OC. The second-order valence-electron chi connectivity index (χ2n) is 8.23. The molecule has 0 atom stereocenters. The minimum Gasteiger partial charge on any atom is -0.493 e. The molecule has 12 heteroatoms. The molecule has 9 nitrogen and oxygen atoms in total. The second-order valence-corrected chi connectivity index (χ2v) is 11.6. The quantitative estimate of drug-likeness (QED) is 0.174. The lowest BCUT2D eigenvalue weighted by atomic mass is 10.1. The summed E-state index contributed by atoms with van der Waals surface area (Å²) in [6.07, 6.45) is 3.77. The highest BCUT2D eigenvalue weighted by Crippen LogP contribution is 2.34. The summed E-state index contributed by atoms with van der Waals surface area (Å²) >= 11 is 6.63. The molecule has 1 fully saturated rings. The van der Waals surface area contributed by atoms with Gasteiger partial charge in [-0.05, 0) is 55.7 Å². The molecular weight excluding hydrogens is 534 g/mol. The molecule has 1 aliphatic heterocycles. The maximum absolute atomic E-state index is 12.8. The molecule has 0 saturated carbocycles. The van der Waals surface area contributed by atoms with Gasteiger partial charge >= 0.3 is 0 Å². The summed E-state index contributed by atoms with van der Waals surface area (Å²) in [5.74, 6) is 0.579. The third-order valence-electron chi connectivity index (χ3n) is 5.52. The number of ether oxygens (including phenoxy) is 2. The summed E-state index contributed by atoms with van der Waals surface area (Å²) in [5, 5.41) is 0. The molecule has 0 aliphatic carbocycles. The van der Waals surface area contributed by atoms with E-state index in [2.05, 4.69) is 10.3 Å². The highest BCUT2D eigenvalue weighted by molar-refractivity contribution is 8.26. The van der Waals surface area contributed by atoms with Crippen LogP contribution >= 0.6 is 24.0 Å². The lowest BCUT2D eigenvalue weighted by Crippen LogP contribution is -2.41. The van der Waals surface area contributed by atoms with Crippen LogP contribution in [0.15, 0.2) is 52.3 Å². The van der Waals surface area contributed by atoms with Crippen molar-refractivity contribution in [2.24, 2.45) is 0 Å². The molecule has 0 radical (unpaired) electrons. The zero-order valence-corrected chi connectivity index (χ0v) is 23.2. The Kier molecular flexibility index (Phi) is 10.1. The molecule has 2 aromatic rings. The fourth-order valence-electron chi connectivity index (χ4n) is 3.48. The second kappa shape index (κ2) is 13.0. The molecule has 0 aromatic heterocycles. The van der Waals surface area contributed by atoms with E-state index in [-0.39, 0.29) is 17.2 Å². The zero-order valence-electron chi connectivity index (χ0n) is 20.8. The number of rotatable bonds is 12. The molecule has 0 spiro atoms. The fourth-order valence-corrected chi connectivity index (χ4v) is 5.65. The van der Waals surface area contributed by atoms with Gasteiger partial charge in [0.1, 0.15) is 4.32 Å². The first-order valence-corrected chi connectivity index (χ1v) is 14.2. The van der Waals surface area contributed by atoms with Crippen LogP contribution in [-0.2, 0) is 19.6 Å². The number of methoxy groups -OCH3 is 2. The molecule has 1 saturated heterocycles. The minimum absolute atomic E-state index is 0.0714. The number of carbonyl (C=O) groups excluding carboxylic acids is 2. The maximum Gasteiger partial charge on any atom is 0.266 e. The first-order chi connectivity index (χ1) is 17.6. The summed E-state index contributed by atoms with van der Waals surface area (Å²) in [4.78, 5) is 29.2. The van der Waals surface area contributed by atoms with Gasteiger partial charge in [-0.2, -0.15) is 0 Å². The van der Waals surface area contributed by atoms with Gasteiger partial charge in [-0.25, -0.2) is 8.42 Å². The topological polar surface area (TPSA) is 114 Å². The number of nitrogens with one attached hydrogen (secondary N) is 2. The number of aryl methyl sites for hydroxylation is 1. The Labute approximate surface area is 226 Å². The monoisotopic (exact) mass is 563 g/mol. The number of hydrogen-bond acceptors (Lipinski definition) is 8. The molecular formula is C25H29N3O6S3. The number of sulfonamides is 1. The summed E-state index contributed by atoms with van der Waals surface area (Å²) < 4.78 is 35.5. The van der Waals surface area contributed by atoms with Gasteiger partial charge in [-0.1, -0.05) is 54.2 Å². The number of nitrogens with zero attached hydrogens (tertiary/aromatic N) is 1. The predicted octanol–water partition coefficient (Wildman–Crippen LogP) is 3.78. The summed E-state index contributed by atoms with van der Waals surface area (Å²) in [6.45, 7) is 2.29. The number of hydrogen-bond donors (Lipinski definition) is 2. The van der Waals surface area contributed by atoms with E-state index in [9.17, 15) is 18.0 Å². The van der Waals surface area contributed by atoms with Crippen LogP contribution in [0.3, 0.4) is 0 Å². The van der Waals surface area contributed by atoms with Gasteiger partial charge in [0.2, 0.25) is 5.91 Å². The van der Waals surface area contributed by atoms with E-state index in [1.807, 2.05) is 13.0 Å². The van der Waals surface area contributed by atoms with Crippen LogP contribution in [-0.4, -0.2) is 50.2 Å². The Bertz CT molecular complexity index is 1290. The largest absolute Gasteiger partial charge is 0.493 e. The zero-order chi connectivity index (χ0) is 27.0. The Hall–Kier alpha value is -2.93. The number of thiocarbonyl (C=S) groups is 1. The number of thioether (sulfide) groups is 1. The minimum atomic E-state index is -3.83. The maximum atomic E-state index is 12.8. The summed E-state index contributed by atoms with van der Waals surface area (Å²) in [5.41, 5.74) is 3.96. The third-order valence-corrected chi connectivity index (χ3v) is 8.16. The highest BCUT2D eigenvalue weighted by atomic mass is 32.2. The van der Waals surface area contributed by atoms with Gasteiger partial charge in [0.05, 0.1) is 24.0 Å². The van der Waals surface area contributed by atoms with Crippen LogP contribution < -0.4 is 19.7 Å². The third kappa shape index (κ3) is 7.78. The fraction of sp³-hybridized carbons (Fsp3) is 0.320. The molecule has 37 heavy (non-hydrogen) atoms. The van der Waals surface area contributed by atoms with Gasteiger partial charge in [-0.15, -0.1) is 4.83 Å². The molecule has 2 aromatic carbocycles. The van der Waals surface area contributed by atoms with Crippen molar-refractivity contribution in [3.63, 3.8) is 0 Å². The van der Waals surface area contributed by atoms with Gasteiger partial charge in [0.15, 0.2) is 11.5 Å². The van der Waals surface area contributed by atoms with Crippen LogP contribution in [0.4, 0.5) is 0 Å². The van der Waals surface area contributed by atoms with Crippen LogP contribution in [0.5, 0.6) is 11.5 Å². The lowest BCUT2D eigenvalue weighted by Gasteiger charge is -2.14. The van der Waals surface area contributed by atoms with Gasteiger partial charge in [-0.3, -0.25) is 19.9 Å².